The normalized spacial score (nSPS) is 22.5. The molecule has 10 heteroatoms. The zero-order valence-corrected chi connectivity index (χ0v) is 21.2. The first-order chi connectivity index (χ1) is 15.3. The molecule has 0 aliphatic carbocycles. The Balaban J connectivity index is 1.75. The van der Waals surface area contributed by atoms with Gasteiger partial charge in [0.05, 0.1) is 13.2 Å². The predicted molar refractivity (Wildman–Crippen MR) is 126 cm³/mol. The van der Waals surface area contributed by atoms with Gasteiger partial charge in [-0.25, -0.2) is 9.59 Å². The summed E-state index contributed by atoms with van der Waals surface area (Å²) in [5.41, 5.74) is 0. The van der Waals surface area contributed by atoms with Crippen molar-refractivity contribution in [1.82, 2.24) is 9.80 Å². The predicted octanol–water partition coefficient (Wildman–Crippen LogP) is 2.75. The Kier molecular flexibility index (Phi) is 11.2. The fraction of sp³-hybridized carbons (Fsp3) is 0.818. The summed E-state index contributed by atoms with van der Waals surface area (Å²) in [5, 5.41) is 0. The summed E-state index contributed by atoms with van der Waals surface area (Å²) in [7, 11) is 3.12. The summed E-state index contributed by atoms with van der Waals surface area (Å²) in [5.74, 6) is 0.0859. The van der Waals surface area contributed by atoms with E-state index in [1.165, 1.54) is 0 Å². The molecule has 4 atom stereocenters. The Hall–Kier alpha value is -1.42. The molecule has 0 bridgehead atoms. The lowest BCUT2D eigenvalue weighted by atomic mass is 10.1. The number of carbonyl (C=O) groups is 4. The van der Waals surface area contributed by atoms with Crippen LogP contribution in [0.5, 0.6) is 0 Å². The summed E-state index contributed by atoms with van der Waals surface area (Å²) < 4.78 is 10.2. The molecule has 0 radical (unpaired) electrons. The van der Waals surface area contributed by atoms with Gasteiger partial charge in [0.1, 0.15) is 12.1 Å². The van der Waals surface area contributed by atoms with Crippen molar-refractivity contribution in [2.75, 3.05) is 37.8 Å². The van der Waals surface area contributed by atoms with Crippen molar-refractivity contribution < 1.29 is 28.7 Å². The van der Waals surface area contributed by atoms with Crippen LogP contribution in [0.15, 0.2) is 0 Å². The third-order valence-corrected chi connectivity index (χ3v) is 8.51. The van der Waals surface area contributed by atoms with Crippen molar-refractivity contribution in [3.8, 4) is 0 Å². The third kappa shape index (κ3) is 7.04. The molecule has 0 spiro atoms. The summed E-state index contributed by atoms with van der Waals surface area (Å²) >= 11 is 0. The van der Waals surface area contributed by atoms with Crippen molar-refractivity contribution in [3.05, 3.63) is 0 Å². The minimum atomic E-state index is -0.465. The lowest BCUT2D eigenvalue weighted by Gasteiger charge is -2.26. The lowest BCUT2D eigenvalue weighted by Crippen LogP contribution is -2.44. The maximum absolute atomic E-state index is 12.8. The number of esters is 2. The zero-order valence-electron chi connectivity index (χ0n) is 19.5. The van der Waals surface area contributed by atoms with E-state index in [4.69, 9.17) is 9.47 Å². The van der Waals surface area contributed by atoms with Crippen LogP contribution in [-0.2, 0) is 28.7 Å². The molecule has 2 saturated heterocycles. The van der Waals surface area contributed by atoms with Crippen molar-refractivity contribution >= 4 is 45.3 Å². The Morgan fingerprint density at radius 1 is 0.781 bits per heavy atom. The second-order valence-corrected chi connectivity index (χ2v) is 10.8. The van der Waals surface area contributed by atoms with Crippen LogP contribution in [0.1, 0.15) is 53.4 Å². The highest BCUT2D eigenvalue weighted by Crippen LogP contribution is 2.30. The van der Waals surface area contributed by atoms with Crippen LogP contribution in [-0.4, -0.2) is 83.4 Å². The Bertz CT molecular complexity index is 621. The average Bonchev–Trinajstić information content (AvgIpc) is 3.45. The van der Waals surface area contributed by atoms with Crippen LogP contribution in [0.25, 0.3) is 0 Å². The summed E-state index contributed by atoms with van der Waals surface area (Å²) in [4.78, 5) is 53.2. The number of hydrogen-bond acceptors (Lipinski definition) is 8. The van der Waals surface area contributed by atoms with Crippen LogP contribution in [0, 0.1) is 11.8 Å². The molecule has 2 heterocycles. The summed E-state index contributed by atoms with van der Waals surface area (Å²) in [6.45, 7) is 9.09. The van der Waals surface area contributed by atoms with E-state index in [9.17, 15) is 19.2 Å². The Morgan fingerprint density at radius 2 is 1.16 bits per heavy atom. The molecule has 32 heavy (non-hydrogen) atoms. The van der Waals surface area contributed by atoms with E-state index < -0.39 is 12.1 Å². The molecule has 0 aromatic heterocycles. The van der Waals surface area contributed by atoms with E-state index in [2.05, 4.69) is 0 Å². The van der Waals surface area contributed by atoms with Crippen LogP contribution in [0.3, 0.4) is 0 Å². The highest BCUT2D eigenvalue weighted by Gasteiger charge is 2.38. The van der Waals surface area contributed by atoms with Crippen molar-refractivity contribution in [3.63, 3.8) is 0 Å². The molecule has 0 aromatic carbocycles. The van der Waals surface area contributed by atoms with Gasteiger partial charge >= 0.3 is 11.9 Å². The standard InChI is InChI=1S/C22H36N2O6S2/c1-5-29-21(27)17-9-7-11-23(17)19(25)15(3)13-31-32-14-16(4)20(26)24-12-8-10-18(24)22(28)30-6-2/h15-18H,5-14H2,1-4H3/t15-,16-,17+,18+/m1/s1. The van der Waals surface area contributed by atoms with E-state index >= 15 is 0 Å². The van der Waals surface area contributed by atoms with Crippen molar-refractivity contribution in [2.24, 2.45) is 11.8 Å². The van der Waals surface area contributed by atoms with Gasteiger partial charge in [0.2, 0.25) is 11.8 Å². The maximum Gasteiger partial charge on any atom is 0.328 e. The van der Waals surface area contributed by atoms with Gasteiger partial charge in [-0.1, -0.05) is 35.4 Å². The van der Waals surface area contributed by atoms with Gasteiger partial charge in [-0.15, -0.1) is 0 Å². The van der Waals surface area contributed by atoms with Gasteiger partial charge in [-0.05, 0) is 39.5 Å². The number of carbonyl (C=O) groups excluding carboxylic acids is 4. The molecule has 0 unspecified atom stereocenters. The van der Waals surface area contributed by atoms with Crippen LogP contribution in [0.4, 0.5) is 0 Å². The number of hydrogen-bond donors (Lipinski definition) is 0. The molecule has 2 rings (SSSR count). The molecule has 2 aliphatic heterocycles. The minimum Gasteiger partial charge on any atom is -0.464 e. The monoisotopic (exact) mass is 488 g/mol. The summed E-state index contributed by atoms with van der Waals surface area (Å²) in [6.07, 6.45) is 2.93. The molecular weight excluding hydrogens is 452 g/mol. The Morgan fingerprint density at radius 3 is 1.50 bits per heavy atom. The largest absolute Gasteiger partial charge is 0.464 e. The molecule has 0 aromatic rings. The van der Waals surface area contributed by atoms with E-state index in [0.29, 0.717) is 50.7 Å². The first kappa shape index (κ1) is 26.8. The first-order valence-electron chi connectivity index (χ1n) is 11.5. The number of amides is 2. The first-order valence-corrected chi connectivity index (χ1v) is 14.0. The zero-order chi connectivity index (χ0) is 23.7. The van der Waals surface area contributed by atoms with E-state index in [1.54, 1.807) is 45.2 Å². The highest BCUT2D eigenvalue weighted by atomic mass is 33.1. The SMILES string of the molecule is CCOC(=O)[C@@H]1CCCN1C(=O)[C@H](C)CSSC[C@@H](C)C(=O)N1CCC[C@H]1C(=O)OCC. The number of ether oxygens (including phenoxy) is 2. The van der Waals surface area contributed by atoms with Gasteiger partial charge in [-0.2, -0.15) is 0 Å². The second-order valence-electron chi connectivity index (χ2n) is 8.25. The molecule has 182 valence electrons. The molecule has 2 fully saturated rings. The quantitative estimate of drug-likeness (QED) is 0.249. The van der Waals surface area contributed by atoms with E-state index in [0.717, 1.165) is 12.8 Å². The van der Waals surface area contributed by atoms with Gasteiger partial charge in [0.25, 0.3) is 0 Å². The fourth-order valence-corrected chi connectivity index (χ4v) is 6.72. The molecule has 0 N–H and O–H groups in total. The van der Waals surface area contributed by atoms with Gasteiger partial charge in [-0.3, -0.25) is 9.59 Å². The van der Waals surface area contributed by atoms with Gasteiger partial charge in [0.15, 0.2) is 0 Å². The van der Waals surface area contributed by atoms with Gasteiger partial charge < -0.3 is 19.3 Å². The molecular formula is C22H36N2O6S2. The molecule has 0 saturated carbocycles. The van der Waals surface area contributed by atoms with E-state index in [-0.39, 0.29) is 35.6 Å². The smallest absolute Gasteiger partial charge is 0.328 e. The number of rotatable bonds is 11. The fourth-order valence-electron chi connectivity index (χ4n) is 4.04. The minimum absolute atomic E-state index is 0.0212. The van der Waals surface area contributed by atoms with Crippen LogP contribution < -0.4 is 0 Å². The summed E-state index contributed by atoms with van der Waals surface area (Å²) in [6, 6.07) is -0.930. The number of likely N-dealkylation sites (tertiary alicyclic amines) is 2. The molecule has 2 aliphatic rings. The highest BCUT2D eigenvalue weighted by molar-refractivity contribution is 8.76. The average molecular weight is 489 g/mol. The third-order valence-electron chi connectivity index (χ3n) is 5.75. The van der Waals surface area contributed by atoms with Crippen LogP contribution >= 0.6 is 21.6 Å². The van der Waals surface area contributed by atoms with Crippen molar-refractivity contribution in [1.29, 1.82) is 0 Å². The van der Waals surface area contributed by atoms with Crippen molar-refractivity contribution in [2.45, 2.75) is 65.5 Å². The Labute approximate surface area is 198 Å². The van der Waals surface area contributed by atoms with Crippen LogP contribution in [0.2, 0.25) is 0 Å². The number of nitrogens with zero attached hydrogens (tertiary/aromatic N) is 2. The lowest BCUT2D eigenvalue weighted by molar-refractivity contribution is -0.154. The second kappa shape index (κ2) is 13.3. The molecule has 2 amide bonds. The van der Waals surface area contributed by atoms with E-state index in [1.807, 2.05) is 13.8 Å². The maximum atomic E-state index is 12.8. The molecule has 8 nitrogen and oxygen atoms in total. The van der Waals surface area contributed by atoms with Gasteiger partial charge in [0, 0.05) is 36.4 Å². The topological polar surface area (TPSA) is 93.2 Å².